The SMILES string of the molecule is N=C(/C(=C(\[OH2+])CO)c1ccnc(NC2CCCCC2)n1)c1ccc(F)cc1. The van der Waals surface area contributed by atoms with Crippen LogP contribution >= 0.6 is 0 Å². The Labute approximate surface area is 157 Å². The van der Waals surface area contributed by atoms with Crippen LogP contribution in [0.4, 0.5) is 10.3 Å². The predicted molar refractivity (Wildman–Crippen MR) is 103 cm³/mol. The number of benzene rings is 1. The Balaban J connectivity index is 1.90. The Morgan fingerprint density at radius 3 is 2.56 bits per heavy atom. The maximum absolute atomic E-state index is 13.2. The van der Waals surface area contributed by atoms with Crippen molar-refractivity contribution < 1.29 is 14.6 Å². The monoisotopic (exact) mass is 371 g/mol. The molecule has 0 radical (unpaired) electrons. The van der Waals surface area contributed by atoms with Crippen molar-refractivity contribution in [3.63, 3.8) is 0 Å². The quantitative estimate of drug-likeness (QED) is 0.412. The number of hydrogen-bond acceptors (Lipinski definition) is 5. The molecule has 0 atom stereocenters. The Hall–Kier alpha value is -2.80. The lowest BCUT2D eigenvalue weighted by Crippen LogP contribution is -2.23. The van der Waals surface area contributed by atoms with Gasteiger partial charge in [0, 0.05) is 17.8 Å². The molecule has 0 aliphatic heterocycles. The summed E-state index contributed by atoms with van der Waals surface area (Å²) in [5.41, 5.74) is 1.05. The fourth-order valence-electron chi connectivity index (χ4n) is 3.27. The van der Waals surface area contributed by atoms with Gasteiger partial charge in [0.25, 0.3) is 5.76 Å². The zero-order valence-corrected chi connectivity index (χ0v) is 15.0. The van der Waals surface area contributed by atoms with E-state index in [-0.39, 0.29) is 17.0 Å². The zero-order valence-electron chi connectivity index (χ0n) is 15.0. The van der Waals surface area contributed by atoms with E-state index in [1.807, 2.05) is 0 Å². The summed E-state index contributed by atoms with van der Waals surface area (Å²) >= 11 is 0. The van der Waals surface area contributed by atoms with Gasteiger partial charge < -0.3 is 15.5 Å². The first-order chi connectivity index (χ1) is 13.1. The molecule has 1 aliphatic carbocycles. The van der Waals surface area contributed by atoms with Gasteiger partial charge in [0.15, 0.2) is 0 Å². The lowest BCUT2D eigenvalue weighted by atomic mass is 9.96. The number of halogens is 1. The highest BCUT2D eigenvalue weighted by atomic mass is 19.1. The van der Waals surface area contributed by atoms with E-state index in [0.29, 0.717) is 23.2 Å². The molecule has 5 N–H and O–H groups in total. The second-order valence-corrected chi connectivity index (χ2v) is 6.64. The van der Waals surface area contributed by atoms with Crippen molar-refractivity contribution in [3.8, 4) is 0 Å². The summed E-state index contributed by atoms with van der Waals surface area (Å²) in [6.07, 6.45) is 7.33. The van der Waals surface area contributed by atoms with Crippen molar-refractivity contribution in [3.05, 3.63) is 59.4 Å². The standard InChI is InChI=1S/C20H23FN4O2/c21-14-8-6-13(7-9-14)19(22)18(17(27)12-26)16-10-11-23-20(25-16)24-15-4-2-1-3-5-15/h6-11,15,22,26-27H,1-5,12H2,(H,23,24,25)/p+1/b18-17-,22-19?. The van der Waals surface area contributed by atoms with Crippen molar-refractivity contribution in [1.29, 1.82) is 5.41 Å². The summed E-state index contributed by atoms with van der Waals surface area (Å²) in [6, 6.07) is 7.42. The number of aliphatic hydroxyl groups is 1. The third kappa shape index (κ3) is 4.68. The predicted octanol–water partition coefficient (Wildman–Crippen LogP) is 2.86. The molecule has 1 fully saturated rings. The van der Waals surface area contributed by atoms with Crippen LogP contribution in [0, 0.1) is 11.2 Å². The Bertz CT molecular complexity index is 830. The van der Waals surface area contributed by atoms with Crippen LogP contribution in [0.1, 0.15) is 43.4 Å². The third-order valence-corrected chi connectivity index (χ3v) is 4.69. The Kier molecular flexibility index (Phi) is 6.13. The number of hydrogen-bond donors (Lipinski definition) is 3. The summed E-state index contributed by atoms with van der Waals surface area (Å²) in [5, 5.41) is 29.4. The van der Waals surface area contributed by atoms with Crippen LogP contribution in [0.25, 0.3) is 5.57 Å². The molecule has 1 aromatic carbocycles. The van der Waals surface area contributed by atoms with Crippen molar-refractivity contribution in [1.82, 2.24) is 9.97 Å². The first kappa shape index (κ1) is 19.0. The van der Waals surface area contributed by atoms with Gasteiger partial charge in [-0.1, -0.05) is 19.3 Å². The fraction of sp³-hybridized carbons (Fsp3) is 0.350. The number of rotatable bonds is 6. The third-order valence-electron chi connectivity index (χ3n) is 4.69. The highest BCUT2D eigenvalue weighted by Gasteiger charge is 2.22. The van der Waals surface area contributed by atoms with Gasteiger partial charge in [-0.05, 0) is 43.2 Å². The van der Waals surface area contributed by atoms with Gasteiger partial charge in [0.05, 0.1) is 11.4 Å². The first-order valence-electron chi connectivity index (χ1n) is 9.09. The molecule has 0 unspecified atom stereocenters. The van der Waals surface area contributed by atoms with Gasteiger partial charge in [-0.25, -0.2) is 14.4 Å². The van der Waals surface area contributed by atoms with Crippen molar-refractivity contribution >= 4 is 17.2 Å². The number of aromatic nitrogens is 2. The summed E-state index contributed by atoms with van der Waals surface area (Å²) in [4.78, 5) is 8.73. The second kappa shape index (κ2) is 8.73. The minimum absolute atomic E-state index is 0.0105. The average Bonchev–Trinajstić information content (AvgIpc) is 2.69. The van der Waals surface area contributed by atoms with Crippen LogP contribution in [-0.4, -0.2) is 38.5 Å². The molecule has 7 heteroatoms. The highest BCUT2D eigenvalue weighted by molar-refractivity contribution is 6.30. The van der Waals surface area contributed by atoms with Crippen molar-refractivity contribution in [2.45, 2.75) is 38.1 Å². The van der Waals surface area contributed by atoms with E-state index in [0.717, 1.165) is 12.8 Å². The maximum atomic E-state index is 13.2. The van der Waals surface area contributed by atoms with Gasteiger partial charge in [-0.15, -0.1) is 0 Å². The molecule has 1 aliphatic rings. The molecule has 142 valence electrons. The molecule has 27 heavy (non-hydrogen) atoms. The summed E-state index contributed by atoms with van der Waals surface area (Å²) in [5.74, 6) is -0.0625. The lowest BCUT2D eigenvalue weighted by molar-refractivity contribution is 0.255. The van der Waals surface area contributed by atoms with Gasteiger partial charge in [-0.3, -0.25) is 5.41 Å². The molecular weight excluding hydrogens is 347 g/mol. The first-order valence-corrected chi connectivity index (χ1v) is 9.09. The maximum Gasteiger partial charge on any atom is 0.266 e. The van der Waals surface area contributed by atoms with E-state index < -0.39 is 12.4 Å². The number of nitrogens with one attached hydrogen (secondary N) is 2. The molecule has 1 aromatic heterocycles. The second-order valence-electron chi connectivity index (χ2n) is 6.64. The van der Waals surface area contributed by atoms with Crippen LogP contribution in [0.15, 0.2) is 42.3 Å². The summed E-state index contributed by atoms with van der Waals surface area (Å²) in [6.45, 7) is -0.520. The van der Waals surface area contributed by atoms with E-state index in [1.165, 1.54) is 43.5 Å². The average molecular weight is 371 g/mol. The van der Waals surface area contributed by atoms with Crippen LogP contribution in [0.5, 0.6) is 0 Å². The van der Waals surface area contributed by atoms with Crippen LogP contribution in [-0.2, 0) is 0 Å². The molecule has 2 aromatic rings. The molecule has 1 heterocycles. The smallest absolute Gasteiger partial charge is 0.266 e. The molecule has 3 rings (SSSR count). The zero-order chi connectivity index (χ0) is 19.2. The number of nitrogens with zero attached hydrogens (tertiary/aromatic N) is 2. The molecule has 6 nitrogen and oxygen atoms in total. The molecule has 0 saturated heterocycles. The van der Waals surface area contributed by atoms with Gasteiger partial charge in [-0.2, -0.15) is 0 Å². The van der Waals surface area contributed by atoms with Gasteiger partial charge in [0.2, 0.25) is 5.95 Å². The normalized spacial score (nSPS) is 15.9. The van der Waals surface area contributed by atoms with E-state index in [2.05, 4.69) is 15.3 Å². The Morgan fingerprint density at radius 2 is 1.89 bits per heavy atom. The molecule has 0 bridgehead atoms. The van der Waals surface area contributed by atoms with Crippen LogP contribution < -0.4 is 5.32 Å². The number of allylic oxidation sites excluding steroid dienone is 1. The van der Waals surface area contributed by atoms with Crippen molar-refractivity contribution in [2.75, 3.05) is 11.9 Å². The minimum atomic E-state index is -0.520. The number of aliphatic hydroxyl groups excluding tert-OH is 1. The van der Waals surface area contributed by atoms with E-state index in [9.17, 15) is 9.50 Å². The fourth-order valence-corrected chi connectivity index (χ4v) is 3.27. The molecule has 1 saturated carbocycles. The number of anilines is 1. The van der Waals surface area contributed by atoms with Crippen LogP contribution in [0.2, 0.25) is 0 Å². The van der Waals surface area contributed by atoms with Gasteiger partial charge in [0.1, 0.15) is 18.0 Å². The molecule has 0 amide bonds. The van der Waals surface area contributed by atoms with Gasteiger partial charge >= 0.3 is 0 Å². The van der Waals surface area contributed by atoms with E-state index in [1.54, 1.807) is 12.3 Å². The topological polar surface area (TPSA) is 105 Å². The molecule has 0 spiro atoms. The largest absolute Gasteiger partial charge is 0.594 e. The van der Waals surface area contributed by atoms with E-state index in [4.69, 9.17) is 10.5 Å². The summed E-state index contributed by atoms with van der Waals surface area (Å²) in [7, 11) is 0. The summed E-state index contributed by atoms with van der Waals surface area (Å²) < 4.78 is 13.2. The Morgan fingerprint density at radius 1 is 1.19 bits per heavy atom. The highest BCUT2D eigenvalue weighted by Crippen LogP contribution is 2.24. The van der Waals surface area contributed by atoms with Crippen LogP contribution in [0.3, 0.4) is 0 Å². The van der Waals surface area contributed by atoms with Crippen molar-refractivity contribution in [2.24, 2.45) is 0 Å². The minimum Gasteiger partial charge on any atom is -0.594 e. The molecular formula is C20H24FN4O2+. The lowest BCUT2D eigenvalue weighted by Gasteiger charge is -2.22. The van der Waals surface area contributed by atoms with E-state index >= 15 is 0 Å².